The molecule has 3 N–H and O–H groups in total. The molecule has 0 atom stereocenters. The third kappa shape index (κ3) is 8.48. The van der Waals surface area contributed by atoms with Crippen molar-refractivity contribution >= 4 is 5.91 Å². The lowest BCUT2D eigenvalue weighted by Gasteiger charge is -2.30. The Hall–Kier alpha value is -0.610. The molecule has 4 heteroatoms. The number of carbonyl (C=O) groups is 1. The van der Waals surface area contributed by atoms with E-state index in [4.69, 9.17) is 5.73 Å². The molecule has 0 fully saturated rings. The maximum Gasteiger partial charge on any atom is 0.220 e. The monoisotopic (exact) mass is 257 g/mol. The van der Waals surface area contributed by atoms with Gasteiger partial charge in [-0.1, -0.05) is 6.42 Å². The first kappa shape index (κ1) is 17.4. The molecule has 0 aliphatic carbocycles. The lowest BCUT2D eigenvalue weighted by molar-refractivity contribution is -0.121. The molecule has 18 heavy (non-hydrogen) atoms. The van der Waals surface area contributed by atoms with Gasteiger partial charge in [0, 0.05) is 31.6 Å². The summed E-state index contributed by atoms with van der Waals surface area (Å²) in [6.07, 6.45) is 3.64. The summed E-state index contributed by atoms with van der Waals surface area (Å²) in [5, 5.41) is 2.99. The van der Waals surface area contributed by atoms with E-state index in [2.05, 4.69) is 37.9 Å². The van der Waals surface area contributed by atoms with E-state index in [1.165, 1.54) is 0 Å². The van der Waals surface area contributed by atoms with Crippen molar-refractivity contribution in [1.29, 1.82) is 0 Å². The average Bonchev–Trinajstić information content (AvgIpc) is 2.29. The van der Waals surface area contributed by atoms with Crippen LogP contribution < -0.4 is 11.1 Å². The van der Waals surface area contributed by atoms with Crippen LogP contribution in [-0.2, 0) is 4.79 Å². The van der Waals surface area contributed by atoms with Crippen molar-refractivity contribution in [3.05, 3.63) is 0 Å². The molecule has 0 aromatic heterocycles. The van der Waals surface area contributed by atoms with Crippen LogP contribution in [0.15, 0.2) is 0 Å². The molecule has 0 aromatic carbocycles. The molecule has 1 amide bonds. The first-order valence-corrected chi connectivity index (χ1v) is 7.21. The van der Waals surface area contributed by atoms with E-state index in [1.54, 1.807) is 0 Å². The summed E-state index contributed by atoms with van der Waals surface area (Å²) in [6.45, 7) is 11.1. The van der Waals surface area contributed by atoms with Crippen LogP contribution in [-0.4, -0.2) is 42.5 Å². The normalized spacial score (nSPS) is 11.6. The molecule has 0 aliphatic rings. The van der Waals surface area contributed by atoms with Gasteiger partial charge in [-0.2, -0.15) is 0 Å². The van der Waals surface area contributed by atoms with Gasteiger partial charge in [0.1, 0.15) is 0 Å². The second-order valence-corrected chi connectivity index (χ2v) is 5.37. The fourth-order valence-electron chi connectivity index (χ4n) is 2.13. The summed E-state index contributed by atoms with van der Waals surface area (Å²) in [4.78, 5) is 14.0. The standard InChI is InChI=1S/C14H31N3O/c1-12(2)17(13(3)4)11-10-16-14(18)8-6-5-7-9-15/h12-13H,5-11,15H2,1-4H3,(H,16,18). The van der Waals surface area contributed by atoms with Crippen LogP contribution in [0.5, 0.6) is 0 Å². The fraction of sp³-hybridized carbons (Fsp3) is 0.929. The zero-order valence-corrected chi connectivity index (χ0v) is 12.5. The first-order chi connectivity index (χ1) is 8.49. The number of hydrogen-bond donors (Lipinski definition) is 2. The highest BCUT2D eigenvalue weighted by Crippen LogP contribution is 2.03. The third-order valence-corrected chi connectivity index (χ3v) is 3.13. The average molecular weight is 257 g/mol. The van der Waals surface area contributed by atoms with E-state index in [-0.39, 0.29) is 5.91 Å². The van der Waals surface area contributed by atoms with Crippen LogP contribution in [0.3, 0.4) is 0 Å². The third-order valence-electron chi connectivity index (χ3n) is 3.13. The highest BCUT2D eigenvalue weighted by atomic mass is 16.1. The van der Waals surface area contributed by atoms with Crippen molar-refractivity contribution in [1.82, 2.24) is 10.2 Å². The van der Waals surface area contributed by atoms with Crippen LogP contribution in [0, 0.1) is 0 Å². The molecule has 4 nitrogen and oxygen atoms in total. The molecular formula is C14H31N3O. The van der Waals surface area contributed by atoms with Gasteiger partial charge in [-0.25, -0.2) is 0 Å². The van der Waals surface area contributed by atoms with Gasteiger partial charge in [0.2, 0.25) is 5.91 Å². The quantitative estimate of drug-likeness (QED) is 0.586. The molecule has 0 saturated heterocycles. The largest absolute Gasteiger partial charge is 0.355 e. The van der Waals surface area contributed by atoms with E-state index in [1.807, 2.05) is 0 Å². The molecule has 0 spiro atoms. The molecule has 0 aliphatic heterocycles. The molecule has 0 unspecified atom stereocenters. The molecular weight excluding hydrogens is 226 g/mol. The van der Waals surface area contributed by atoms with Crippen molar-refractivity contribution in [3.8, 4) is 0 Å². The molecule has 0 rings (SSSR count). The van der Waals surface area contributed by atoms with Crippen molar-refractivity contribution in [2.75, 3.05) is 19.6 Å². The van der Waals surface area contributed by atoms with E-state index >= 15 is 0 Å². The lowest BCUT2D eigenvalue weighted by Crippen LogP contribution is -2.42. The zero-order chi connectivity index (χ0) is 14.0. The lowest BCUT2D eigenvalue weighted by atomic mass is 10.2. The Morgan fingerprint density at radius 3 is 2.22 bits per heavy atom. The van der Waals surface area contributed by atoms with Crippen LogP contribution in [0.2, 0.25) is 0 Å². The molecule has 0 bridgehead atoms. The summed E-state index contributed by atoms with van der Waals surface area (Å²) < 4.78 is 0. The SMILES string of the molecule is CC(C)N(CCNC(=O)CCCCCN)C(C)C. The number of nitrogens with two attached hydrogens (primary N) is 1. The number of nitrogens with one attached hydrogen (secondary N) is 1. The summed E-state index contributed by atoms with van der Waals surface area (Å²) >= 11 is 0. The minimum atomic E-state index is 0.166. The predicted octanol–water partition coefficient (Wildman–Crippen LogP) is 1.74. The van der Waals surface area contributed by atoms with Crippen molar-refractivity contribution in [2.24, 2.45) is 5.73 Å². The van der Waals surface area contributed by atoms with E-state index in [0.717, 1.165) is 38.9 Å². The number of nitrogens with zero attached hydrogens (tertiary/aromatic N) is 1. The summed E-state index contributed by atoms with van der Waals surface area (Å²) in [5.41, 5.74) is 5.41. The minimum absolute atomic E-state index is 0.166. The van der Waals surface area contributed by atoms with Gasteiger partial charge in [-0.05, 0) is 47.1 Å². The second kappa shape index (κ2) is 10.3. The highest BCUT2D eigenvalue weighted by molar-refractivity contribution is 5.75. The molecule has 108 valence electrons. The van der Waals surface area contributed by atoms with Gasteiger partial charge >= 0.3 is 0 Å². The highest BCUT2D eigenvalue weighted by Gasteiger charge is 2.12. The Morgan fingerprint density at radius 1 is 1.11 bits per heavy atom. The van der Waals surface area contributed by atoms with Crippen LogP contribution in [0.25, 0.3) is 0 Å². The first-order valence-electron chi connectivity index (χ1n) is 7.21. The van der Waals surface area contributed by atoms with Crippen LogP contribution in [0.4, 0.5) is 0 Å². The van der Waals surface area contributed by atoms with Gasteiger partial charge in [-0.3, -0.25) is 9.69 Å². The minimum Gasteiger partial charge on any atom is -0.355 e. The van der Waals surface area contributed by atoms with Crippen LogP contribution >= 0.6 is 0 Å². The molecule has 0 radical (unpaired) electrons. The zero-order valence-electron chi connectivity index (χ0n) is 12.5. The Balaban J connectivity index is 3.66. The van der Waals surface area contributed by atoms with Crippen molar-refractivity contribution in [3.63, 3.8) is 0 Å². The number of carbonyl (C=O) groups excluding carboxylic acids is 1. The van der Waals surface area contributed by atoms with Crippen molar-refractivity contribution in [2.45, 2.75) is 65.5 Å². The Kier molecular flexibility index (Phi) is 9.98. The maximum atomic E-state index is 11.6. The van der Waals surface area contributed by atoms with Gasteiger partial charge < -0.3 is 11.1 Å². The molecule has 0 saturated carbocycles. The van der Waals surface area contributed by atoms with Gasteiger partial charge in [-0.15, -0.1) is 0 Å². The number of amides is 1. The summed E-state index contributed by atoms with van der Waals surface area (Å²) in [6, 6.07) is 1.04. The van der Waals surface area contributed by atoms with Gasteiger partial charge in [0.25, 0.3) is 0 Å². The van der Waals surface area contributed by atoms with Gasteiger partial charge in [0.15, 0.2) is 0 Å². The summed E-state index contributed by atoms with van der Waals surface area (Å²) in [7, 11) is 0. The Labute approximate surface area is 112 Å². The Bertz CT molecular complexity index is 209. The van der Waals surface area contributed by atoms with Crippen LogP contribution in [0.1, 0.15) is 53.4 Å². The summed E-state index contributed by atoms with van der Waals surface area (Å²) in [5.74, 6) is 0.166. The van der Waals surface area contributed by atoms with Gasteiger partial charge in [0.05, 0.1) is 0 Å². The van der Waals surface area contributed by atoms with Crippen molar-refractivity contribution < 1.29 is 4.79 Å². The predicted molar refractivity (Wildman–Crippen MR) is 77.5 cm³/mol. The van der Waals surface area contributed by atoms with E-state index in [9.17, 15) is 4.79 Å². The number of unbranched alkanes of at least 4 members (excludes halogenated alkanes) is 2. The second-order valence-electron chi connectivity index (χ2n) is 5.37. The Morgan fingerprint density at radius 2 is 1.72 bits per heavy atom. The van der Waals surface area contributed by atoms with E-state index in [0.29, 0.717) is 18.5 Å². The molecule has 0 aromatic rings. The fourth-order valence-corrected chi connectivity index (χ4v) is 2.13. The number of hydrogen-bond acceptors (Lipinski definition) is 3. The maximum absolute atomic E-state index is 11.6. The smallest absolute Gasteiger partial charge is 0.220 e. The molecule has 0 heterocycles. The number of rotatable bonds is 10. The van der Waals surface area contributed by atoms with E-state index < -0.39 is 0 Å². The topological polar surface area (TPSA) is 58.4 Å².